The maximum Gasteiger partial charge on any atom is 0.0694 e. The Morgan fingerprint density at radius 1 is 1.17 bits per heavy atom. The molecule has 2 heteroatoms. The lowest BCUT2D eigenvalue weighted by Crippen LogP contribution is -2.47. The minimum Gasteiger partial charge on any atom is -0.390 e. The average molecular weight is 247 g/mol. The van der Waals surface area contributed by atoms with Crippen molar-refractivity contribution in [3.8, 4) is 0 Å². The van der Waals surface area contributed by atoms with Gasteiger partial charge in [-0.15, -0.1) is 0 Å². The van der Waals surface area contributed by atoms with Gasteiger partial charge >= 0.3 is 0 Å². The van der Waals surface area contributed by atoms with Crippen molar-refractivity contribution in [2.24, 2.45) is 5.92 Å². The van der Waals surface area contributed by atoms with E-state index in [4.69, 9.17) is 0 Å². The van der Waals surface area contributed by atoms with E-state index < -0.39 is 5.60 Å². The number of benzene rings is 1. The Morgan fingerprint density at radius 3 is 2.33 bits per heavy atom. The summed E-state index contributed by atoms with van der Waals surface area (Å²) in [6.45, 7) is 7.42. The first-order valence-electron chi connectivity index (χ1n) is 7.09. The van der Waals surface area contributed by atoms with Crippen LogP contribution in [0.1, 0.15) is 32.3 Å². The van der Waals surface area contributed by atoms with Gasteiger partial charge in [0, 0.05) is 19.6 Å². The molecular formula is C16H25NO. The zero-order chi connectivity index (χ0) is 13.0. The Balaban J connectivity index is 1.77. The molecule has 100 valence electrons. The number of rotatable bonds is 4. The van der Waals surface area contributed by atoms with Crippen LogP contribution in [-0.4, -0.2) is 35.2 Å². The molecule has 1 saturated heterocycles. The van der Waals surface area contributed by atoms with Crippen LogP contribution in [0.15, 0.2) is 30.3 Å². The van der Waals surface area contributed by atoms with E-state index in [-0.39, 0.29) is 0 Å². The van der Waals surface area contributed by atoms with E-state index in [1.807, 2.05) is 0 Å². The summed E-state index contributed by atoms with van der Waals surface area (Å²) in [6.07, 6.45) is 2.94. The molecule has 1 aliphatic rings. The normalized spacial score (nSPS) is 20.2. The molecular weight excluding hydrogens is 222 g/mol. The van der Waals surface area contributed by atoms with E-state index in [1.165, 1.54) is 5.56 Å². The van der Waals surface area contributed by atoms with Crippen LogP contribution in [0.5, 0.6) is 0 Å². The Kier molecular flexibility index (Phi) is 4.41. The lowest BCUT2D eigenvalue weighted by molar-refractivity contribution is -0.0561. The first-order chi connectivity index (χ1) is 8.60. The summed E-state index contributed by atoms with van der Waals surface area (Å²) in [5.41, 5.74) is 0.977. The Bertz CT molecular complexity index is 353. The van der Waals surface area contributed by atoms with Gasteiger partial charge in [-0.25, -0.2) is 0 Å². The van der Waals surface area contributed by atoms with Crippen molar-refractivity contribution in [3.63, 3.8) is 0 Å². The number of hydrogen-bond acceptors (Lipinski definition) is 2. The van der Waals surface area contributed by atoms with Gasteiger partial charge in [0.05, 0.1) is 5.60 Å². The third-order valence-electron chi connectivity index (χ3n) is 4.36. The van der Waals surface area contributed by atoms with Crippen molar-refractivity contribution in [2.75, 3.05) is 19.6 Å². The van der Waals surface area contributed by atoms with Crippen LogP contribution in [0.4, 0.5) is 0 Å². The standard InChI is InChI=1S/C16H25NO/c1-14(2)16(18)9-12-17(13-10-16)11-8-15-6-4-3-5-7-15/h3-7,14,18H,8-13H2,1-2H3. The molecule has 1 fully saturated rings. The van der Waals surface area contributed by atoms with Crippen LogP contribution < -0.4 is 0 Å². The van der Waals surface area contributed by atoms with Gasteiger partial charge in [0.2, 0.25) is 0 Å². The fourth-order valence-corrected chi connectivity index (χ4v) is 2.67. The van der Waals surface area contributed by atoms with E-state index in [0.29, 0.717) is 5.92 Å². The van der Waals surface area contributed by atoms with E-state index in [0.717, 1.165) is 38.9 Å². The maximum absolute atomic E-state index is 10.4. The molecule has 0 atom stereocenters. The maximum atomic E-state index is 10.4. The van der Waals surface area contributed by atoms with Gasteiger partial charge in [-0.2, -0.15) is 0 Å². The van der Waals surface area contributed by atoms with Gasteiger partial charge in [0.25, 0.3) is 0 Å². The summed E-state index contributed by atoms with van der Waals surface area (Å²) in [5, 5.41) is 10.4. The van der Waals surface area contributed by atoms with E-state index in [2.05, 4.69) is 49.1 Å². The Hall–Kier alpha value is -0.860. The summed E-state index contributed by atoms with van der Waals surface area (Å²) in [6, 6.07) is 10.6. The third kappa shape index (κ3) is 3.33. The van der Waals surface area contributed by atoms with Crippen molar-refractivity contribution >= 4 is 0 Å². The lowest BCUT2D eigenvalue weighted by Gasteiger charge is -2.40. The lowest BCUT2D eigenvalue weighted by atomic mass is 9.81. The minimum atomic E-state index is -0.427. The molecule has 0 unspecified atom stereocenters. The molecule has 0 saturated carbocycles. The second kappa shape index (κ2) is 5.85. The van der Waals surface area contributed by atoms with Crippen LogP contribution >= 0.6 is 0 Å². The third-order valence-corrected chi connectivity index (χ3v) is 4.36. The van der Waals surface area contributed by atoms with Crippen molar-refractivity contribution in [1.29, 1.82) is 0 Å². The Labute approximate surface area is 111 Å². The van der Waals surface area contributed by atoms with Crippen molar-refractivity contribution < 1.29 is 5.11 Å². The highest BCUT2D eigenvalue weighted by Gasteiger charge is 2.34. The van der Waals surface area contributed by atoms with Gasteiger partial charge in [0.1, 0.15) is 0 Å². The number of likely N-dealkylation sites (tertiary alicyclic amines) is 1. The quantitative estimate of drug-likeness (QED) is 0.884. The summed E-state index contributed by atoms with van der Waals surface area (Å²) in [7, 11) is 0. The molecule has 0 radical (unpaired) electrons. The minimum absolute atomic E-state index is 0.369. The van der Waals surface area contributed by atoms with Gasteiger partial charge in [-0.05, 0) is 30.7 Å². The zero-order valence-electron chi connectivity index (χ0n) is 11.6. The predicted molar refractivity (Wildman–Crippen MR) is 75.6 cm³/mol. The molecule has 1 aromatic rings. The summed E-state index contributed by atoms with van der Waals surface area (Å²) in [4.78, 5) is 2.48. The molecule has 0 aliphatic carbocycles. The molecule has 0 aromatic heterocycles. The van der Waals surface area contributed by atoms with Crippen LogP contribution in [0, 0.1) is 5.92 Å². The highest BCUT2D eigenvalue weighted by molar-refractivity contribution is 5.14. The smallest absolute Gasteiger partial charge is 0.0694 e. The van der Waals surface area contributed by atoms with Crippen molar-refractivity contribution in [2.45, 2.75) is 38.7 Å². The molecule has 1 aromatic carbocycles. The van der Waals surface area contributed by atoms with Crippen molar-refractivity contribution in [1.82, 2.24) is 4.90 Å². The van der Waals surface area contributed by atoms with Gasteiger partial charge in [-0.1, -0.05) is 44.2 Å². The molecule has 2 rings (SSSR count). The van der Waals surface area contributed by atoms with E-state index >= 15 is 0 Å². The van der Waals surface area contributed by atoms with E-state index in [9.17, 15) is 5.11 Å². The average Bonchev–Trinajstić information content (AvgIpc) is 2.39. The van der Waals surface area contributed by atoms with Crippen LogP contribution in [0.3, 0.4) is 0 Å². The second-order valence-corrected chi connectivity index (χ2v) is 5.84. The molecule has 0 amide bonds. The fraction of sp³-hybridized carbons (Fsp3) is 0.625. The van der Waals surface area contributed by atoms with Gasteiger partial charge in [-0.3, -0.25) is 0 Å². The Morgan fingerprint density at radius 2 is 1.78 bits per heavy atom. The van der Waals surface area contributed by atoms with Gasteiger partial charge < -0.3 is 10.0 Å². The summed E-state index contributed by atoms with van der Waals surface area (Å²) in [5.74, 6) is 0.369. The molecule has 0 spiro atoms. The van der Waals surface area contributed by atoms with Gasteiger partial charge in [0.15, 0.2) is 0 Å². The van der Waals surface area contributed by atoms with Crippen LogP contribution in [-0.2, 0) is 6.42 Å². The fourth-order valence-electron chi connectivity index (χ4n) is 2.67. The zero-order valence-corrected chi connectivity index (χ0v) is 11.6. The number of hydrogen-bond donors (Lipinski definition) is 1. The van der Waals surface area contributed by atoms with E-state index in [1.54, 1.807) is 0 Å². The molecule has 1 aliphatic heterocycles. The summed E-state index contributed by atoms with van der Waals surface area (Å²) < 4.78 is 0. The highest BCUT2D eigenvalue weighted by Crippen LogP contribution is 2.29. The first kappa shape index (κ1) is 13.6. The topological polar surface area (TPSA) is 23.5 Å². The number of nitrogens with zero attached hydrogens (tertiary/aromatic N) is 1. The second-order valence-electron chi connectivity index (χ2n) is 5.84. The monoisotopic (exact) mass is 247 g/mol. The molecule has 18 heavy (non-hydrogen) atoms. The molecule has 1 N–H and O–H groups in total. The first-order valence-corrected chi connectivity index (χ1v) is 7.09. The molecule has 0 bridgehead atoms. The number of aliphatic hydroxyl groups is 1. The SMILES string of the molecule is CC(C)C1(O)CCN(CCc2ccccc2)CC1. The molecule has 1 heterocycles. The highest BCUT2D eigenvalue weighted by atomic mass is 16.3. The summed E-state index contributed by atoms with van der Waals surface area (Å²) >= 11 is 0. The number of piperidine rings is 1. The molecule has 2 nitrogen and oxygen atoms in total. The van der Waals surface area contributed by atoms with Crippen LogP contribution in [0.2, 0.25) is 0 Å². The van der Waals surface area contributed by atoms with Crippen LogP contribution in [0.25, 0.3) is 0 Å². The largest absolute Gasteiger partial charge is 0.390 e. The van der Waals surface area contributed by atoms with Crippen molar-refractivity contribution in [3.05, 3.63) is 35.9 Å². The predicted octanol–water partition coefficient (Wildman–Crippen LogP) is 2.71.